The molecule has 0 radical (unpaired) electrons. The molecule has 0 bridgehead atoms. The van der Waals surface area contributed by atoms with Crippen LogP contribution < -0.4 is 10.6 Å². The number of carbonyl (C=O) groups excluding carboxylic acids is 1. The third kappa shape index (κ3) is 3.42. The van der Waals surface area contributed by atoms with Crippen molar-refractivity contribution in [3.8, 4) is 0 Å². The third-order valence-electron chi connectivity index (χ3n) is 3.86. The molecular formula is C16H19FN2O2. The minimum absolute atomic E-state index is 0.0540. The van der Waals surface area contributed by atoms with Crippen LogP contribution in [0.4, 0.5) is 4.39 Å². The van der Waals surface area contributed by atoms with Gasteiger partial charge in [-0.2, -0.15) is 0 Å². The van der Waals surface area contributed by atoms with Gasteiger partial charge in [0.25, 0.3) is 0 Å². The Hall–Kier alpha value is -1.88. The molecule has 0 saturated heterocycles. The molecule has 0 unspecified atom stereocenters. The van der Waals surface area contributed by atoms with Crippen LogP contribution in [-0.4, -0.2) is 19.0 Å². The number of fused-ring (bicyclic) bond motifs is 1. The lowest BCUT2D eigenvalue weighted by molar-refractivity contribution is -0.120. The number of furan rings is 1. The number of aryl methyl sites for hydroxylation is 1. The molecule has 1 fully saturated rings. The lowest BCUT2D eigenvalue weighted by Gasteiger charge is -2.05. The van der Waals surface area contributed by atoms with Crippen molar-refractivity contribution in [2.45, 2.75) is 26.3 Å². The van der Waals surface area contributed by atoms with Crippen molar-refractivity contribution in [1.82, 2.24) is 10.6 Å². The van der Waals surface area contributed by atoms with Crippen molar-refractivity contribution in [3.63, 3.8) is 0 Å². The van der Waals surface area contributed by atoms with E-state index in [1.54, 1.807) is 6.07 Å². The number of hydrogen-bond donors (Lipinski definition) is 2. The quantitative estimate of drug-likeness (QED) is 0.859. The van der Waals surface area contributed by atoms with Crippen LogP contribution in [0, 0.1) is 18.7 Å². The molecule has 0 atom stereocenters. The minimum Gasteiger partial charge on any atom is -0.459 e. The van der Waals surface area contributed by atoms with E-state index in [0.717, 1.165) is 23.4 Å². The maximum atomic E-state index is 13.2. The second kappa shape index (κ2) is 5.85. The van der Waals surface area contributed by atoms with Gasteiger partial charge in [-0.05, 0) is 50.4 Å². The molecule has 1 aliphatic rings. The molecule has 5 heteroatoms. The van der Waals surface area contributed by atoms with Crippen molar-refractivity contribution < 1.29 is 13.6 Å². The van der Waals surface area contributed by atoms with Gasteiger partial charge in [-0.3, -0.25) is 4.79 Å². The Morgan fingerprint density at radius 1 is 1.43 bits per heavy atom. The number of benzene rings is 1. The van der Waals surface area contributed by atoms with Gasteiger partial charge in [0, 0.05) is 10.9 Å². The molecule has 1 aromatic carbocycles. The zero-order valence-corrected chi connectivity index (χ0v) is 12.0. The van der Waals surface area contributed by atoms with E-state index in [0.29, 0.717) is 24.4 Å². The van der Waals surface area contributed by atoms with Crippen LogP contribution in [0.3, 0.4) is 0 Å². The van der Waals surface area contributed by atoms with Crippen LogP contribution in [-0.2, 0) is 11.3 Å². The maximum Gasteiger partial charge on any atom is 0.234 e. The fourth-order valence-corrected chi connectivity index (χ4v) is 2.37. The fraction of sp³-hybridized carbons (Fsp3) is 0.438. The topological polar surface area (TPSA) is 54.3 Å². The van der Waals surface area contributed by atoms with Gasteiger partial charge in [-0.15, -0.1) is 0 Å². The maximum absolute atomic E-state index is 13.2. The first-order valence-electron chi connectivity index (χ1n) is 7.28. The molecule has 1 saturated carbocycles. The Kier molecular flexibility index (Phi) is 3.92. The summed E-state index contributed by atoms with van der Waals surface area (Å²) in [5, 5.41) is 6.72. The Morgan fingerprint density at radius 2 is 2.24 bits per heavy atom. The van der Waals surface area contributed by atoms with E-state index < -0.39 is 0 Å². The van der Waals surface area contributed by atoms with E-state index in [9.17, 15) is 9.18 Å². The molecule has 1 heterocycles. The average Bonchev–Trinajstić information content (AvgIpc) is 3.23. The molecular weight excluding hydrogens is 271 g/mol. The van der Waals surface area contributed by atoms with Crippen molar-refractivity contribution in [2.75, 3.05) is 13.1 Å². The molecule has 112 valence electrons. The van der Waals surface area contributed by atoms with E-state index in [2.05, 4.69) is 10.6 Å². The molecule has 2 aromatic rings. The monoisotopic (exact) mass is 290 g/mol. The molecule has 0 spiro atoms. The predicted octanol–water partition coefficient (Wildman–Crippen LogP) is 2.50. The molecule has 2 N–H and O–H groups in total. The zero-order valence-electron chi connectivity index (χ0n) is 12.0. The highest BCUT2D eigenvalue weighted by Gasteiger charge is 2.20. The first kappa shape index (κ1) is 14.1. The average molecular weight is 290 g/mol. The van der Waals surface area contributed by atoms with Gasteiger partial charge >= 0.3 is 0 Å². The number of carbonyl (C=O) groups is 1. The Bertz CT molecular complexity index is 662. The second-order valence-electron chi connectivity index (χ2n) is 5.64. The van der Waals surface area contributed by atoms with Crippen LogP contribution in [0.1, 0.15) is 24.2 Å². The normalized spacial score (nSPS) is 14.6. The lowest BCUT2D eigenvalue weighted by Crippen LogP contribution is -2.34. The van der Waals surface area contributed by atoms with Crippen molar-refractivity contribution in [1.29, 1.82) is 0 Å². The molecule has 4 nitrogen and oxygen atoms in total. The number of hydrogen-bond acceptors (Lipinski definition) is 3. The minimum atomic E-state index is -0.286. The van der Waals surface area contributed by atoms with Crippen LogP contribution in [0.2, 0.25) is 0 Å². The van der Waals surface area contributed by atoms with E-state index in [4.69, 9.17) is 4.42 Å². The van der Waals surface area contributed by atoms with Crippen LogP contribution in [0.5, 0.6) is 0 Å². The van der Waals surface area contributed by atoms with Gasteiger partial charge in [-0.1, -0.05) is 0 Å². The summed E-state index contributed by atoms with van der Waals surface area (Å²) in [6.45, 7) is 3.44. The largest absolute Gasteiger partial charge is 0.459 e. The predicted molar refractivity (Wildman–Crippen MR) is 78.3 cm³/mol. The van der Waals surface area contributed by atoms with E-state index in [1.165, 1.54) is 25.0 Å². The smallest absolute Gasteiger partial charge is 0.234 e. The second-order valence-corrected chi connectivity index (χ2v) is 5.64. The number of halogens is 1. The van der Waals surface area contributed by atoms with Gasteiger partial charge in [0.15, 0.2) is 0 Å². The van der Waals surface area contributed by atoms with E-state index in [-0.39, 0.29) is 11.7 Å². The highest BCUT2D eigenvalue weighted by molar-refractivity contribution is 5.82. The van der Waals surface area contributed by atoms with Crippen LogP contribution in [0.25, 0.3) is 11.0 Å². The molecule has 0 aliphatic heterocycles. The van der Waals surface area contributed by atoms with Crippen molar-refractivity contribution in [3.05, 3.63) is 35.3 Å². The first-order chi connectivity index (χ1) is 10.1. The summed E-state index contributed by atoms with van der Waals surface area (Å²) < 4.78 is 18.9. The SMILES string of the molecule is Cc1c(CNC(=O)CNCC2CC2)oc2ccc(F)cc12. The summed E-state index contributed by atoms with van der Waals surface area (Å²) in [6, 6.07) is 4.44. The number of amides is 1. The van der Waals surface area contributed by atoms with Gasteiger partial charge in [-0.25, -0.2) is 4.39 Å². The fourth-order valence-electron chi connectivity index (χ4n) is 2.37. The van der Waals surface area contributed by atoms with Gasteiger partial charge in [0.2, 0.25) is 5.91 Å². The summed E-state index contributed by atoms with van der Waals surface area (Å²) in [6.07, 6.45) is 2.53. The van der Waals surface area contributed by atoms with Crippen molar-refractivity contribution >= 4 is 16.9 Å². The standard InChI is InChI=1S/C16H19FN2O2/c1-10-13-6-12(17)4-5-14(13)21-15(10)8-19-16(20)9-18-7-11-2-3-11/h4-6,11,18H,2-3,7-9H2,1H3,(H,19,20). The summed E-state index contributed by atoms with van der Waals surface area (Å²) in [7, 11) is 0. The Labute approximate surface area is 122 Å². The van der Waals surface area contributed by atoms with Crippen LogP contribution in [0.15, 0.2) is 22.6 Å². The van der Waals surface area contributed by atoms with Crippen LogP contribution >= 0.6 is 0 Å². The number of rotatable bonds is 6. The Morgan fingerprint density at radius 3 is 3.00 bits per heavy atom. The van der Waals surface area contributed by atoms with Gasteiger partial charge in [0.1, 0.15) is 17.2 Å². The highest BCUT2D eigenvalue weighted by atomic mass is 19.1. The highest BCUT2D eigenvalue weighted by Crippen LogP contribution is 2.27. The van der Waals surface area contributed by atoms with Crippen molar-refractivity contribution in [2.24, 2.45) is 5.92 Å². The lowest BCUT2D eigenvalue weighted by atomic mass is 10.1. The van der Waals surface area contributed by atoms with Gasteiger partial charge < -0.3 is 15.1 Å². The molecule has 1 aliphatic carbocycles. The molecule has 3 rings (SSSR count). The first-order valence-corrected chi connectivity index (χ1v) is 7.28. The van der Waals surface area contributed by atoms with Gasteiger partial charge in [0.05, 0.1) is 13.1 Å². The number of nitrogens with one attached hydrogen (secondary N) is 2. The zero-order chi connectivity index (χ0) is 14.8. The summed E-state index contributed by atoms with van der Waals surface area (Å²) in [5.74, 6) is 1.09. The molecule has 1 amide bonds. The third-order valence-corrected chi connectivity index (χ3v) is 3.86. The van der Waals surface area contributed by atoms with E-state index >= 15 is 0 Å². The van der Waals surface area contributed by atoms with E-state index in [1.807, 2.05) is 6.92 Å². The molecule has 1 aromatic heterocycles. The summed E-state index contributed by atoms with van der Waals surface area (Å²) in [4.78, 5) is 11.7. The Balaban J connectivity index is 1.56. The summed E-state index contributed by atoms with van der Waals surface area (Å²) in [5.41, 5.74) is 1.51. The summed E-state index contributed by atoms with van der Waals surface area (Å²) >= 11 is 0. The molecule has 21 heavy (non-hydrogen) atoms.